The Morgan fingerprint density at radius 1 is 1.67 bits per heavy atom. The smallest absolute Gasteiger partial charge is 0.205 e. The van der Waals surface area contributed by atoms with E-state index in [0.717, 1.165) is 11.3 Å². The summed E-state index contributed by atoms with van der Waals surface area (Å²) in [5.41, 5.74) is 5.21. The van der Waals surface area contributed by atoms with Crippen molar-refractivity contribution in [2.24, 2.45) is 5.73 Å². The fraction of sp³-hybridized carbons (Fsp3) is 0.333. The summed E-state index contributed by atoms with van der Waals surface area (Å²) in [7, 11) is -3.50. The molecule has 0 aliphatic heterocycles. The SMILES string of the molecule is NC(CO)S(=O)(=O)c1cccs1. The molecule has 1 unspecified atom stereocenters. The Morgan fingerprint density at radius 2 is 2.33 bits per heavy atom. The Balaban J connectivity index is 3.03. The van der Waals surface area contributed by atoms with Gasteiger partial charge in [-0.1, -0.05) is 6.07 Å². The second kappa shape index (κ2) is 3.53. The number of hydrogen-bond acceptors (Lipinski definition) is 5. The molecule has 1 heterocycles. The van der Waals surface area contributed by atoms with Gasteiger partial charge in [0.25, 0.3) is 0 Å². The second-order valence-corrected chi connectivity index (χ2v) is 5.54. The van der Waals surface area contributed by atoms with Gasteiger partial charge in [0.15, 0.2) is 0 Å². The molecule has 0 saturated heterocycles. The highest BCUT2D eigenvalue weighted by Crippen LogP contribution is 2.18. The molecule has 0 saturated carbocycles. The van der Waals surface area contributed by atoms with Crippen molar-refractivity contribution in [3.63, 3.8) is 0 Å². The Hall–Kier alpha value is -0.430. The average Bonchev–Trinajstić information content (AvgIpc) is 2.55. The van der Waals surface area contributed by atoms with E-state index in [1.54, 1.807) is 11.4 Å². The predicted octanol–water partition coefficient (Wildman–Crippen LogP) is -0.201. The molecule has 6 heteroatoms. The lowest BCUT2D eigenvalue weighted by Gasteiger charge is -2.06. The van der Waals surface area contributed by atoms with Crippen LogP contribution in [0.25, 0.3) is 0 Å². The molecule has 0 radical (unpaired) electrons. The maximum absolute atomic E-state index is 11.3. The third-order valence-electron chi connectivity index (χ3n) is 1.35. The Kier molecular flexibility index (Phi) is 2.84. The number of aliphatic hydroxyl groups excluding tert-OH is 1. The molecule has 0 bridgehead atoms. The minimum Gasteiger partial charge on any atom is -0.394 e. The fourth-order valence-electron chi connectivity index (χ4n) is 0.673. The van der Waals surface area contributed by atoms with Gasteiger partial charge in [-0.3, -0.25) is 0 Å². The molecule has 68 valence electrons. The van der Waals surface area contributed by atoms with Gasteiger partial charge in [0.2, 0.25) is 9.84 Å². The van der Waals surface area contributed by atoms with Gasteiger partial charge in [-0.25, -0.2) is 8.42 Å². The highest BCUT2D eigenvalue weighted by atomic mass is 32.2. The second-order valence-electron chi connectivity index (χ2n) is 2.20. The third kappa shape index (κ3) is 1.66. The van der Waals surface area contributed by atoms with Crippen LogP contribution >= 0.6 is 11.3 Å². The predicted molar refractivity (Wildman–Crippen MR) is 46.6 cm³/mol. The largest absolute Gasteiger partial charge is 0.394 e. The van der Waals surface area contributed by atoms with Crippen LogP contribution in [-0.2, 0) is 9.84 Å². The van der Waals surface area contributed by atoms with Crippen molar-refractivity contribution >= 4 is 21.2 Å². The zero-order chi connectivity index (χ0) is 9.19. The zero-order valence-corrected chi connectivity index (χ0v) is 7.81. The van der Waals surface area contributed by atoms with Gasteiger partial charge in [-0.15, -0.1) is 11.3 Å². The first-order valence-corrected chi connectivity index (χ1v) is 5.65. The van der Waals surface area contributed by atoms with Crippen molar-refractivity contribution in [3.8, 4) is 0 Å². The van der Waals surface area contributed by atoms with E-state index in [-0.39, 0.29) is 4.21 Å². The number of sulfone groups is 1. The van der Waals surface area contributed by atoms with Crippen LogP contribution in [-0.4, -0.2) is 25.5 Å². The molecular formula is C6H9NO3S2. The lowest BCUT2D eigenvalue weighted by Crippen LogP contribution is -2.33. The van der Waals surface area contributed by atoms with E-state index in [1.165, 1.54) is 6.07 Å². The first-order chi connectivity index (χ1) is 5.59. The van der Waals surface area contributed by atoms with Crippen molar-refractivity contribution in [1.82, 2.24) is 0 Å². The van der Waals surface area contributed by atoms with Crippen LogP contribution in [0.1, 0.15) is 0 Å². The summed E-state index contributed by atoms with van der Waals surface area (Å²) in [5, 5.41) is 9.01. The number of hydrogen-bond donors (Lipinski definition) is 2. The summed E-state index contributed by atoms with van der Waals surface area (Å²) in [6, 6.07) is 3.09. The number of aliphatic hydroxyl groups is 1. The fourth-order valence-corrected chi connectivity index (χ4v) is 2.96. The van der Waals surface area contributed by atoms with Crippen LogP contribution in [0.3, 0.4) is 0 Å². The highest BCUT2D eigenvalue weighted by molar-refractivity contribution is 7.94. The van der Waals surface area contributed by atoms with E-state index in [1.807, 2.05) is 0 Å². The zero-order valence-electron chi connectivity index (χ0n) is 6.17. The quantitative estimate of drug-likeness (QED) is 0.719. The minimum atomic E-state index is -3.50. The summed E-state index contributed by atoms with van der Waals surface area (Å²) in [5.74, 6) is 0. The summed E-state index contributed by atoms with van der Waals surface area (Å²) < 4.78 is 22.9. The van der Waals surface area contributed by atoms with E-state index in [4.69, 9.17) is 10.8 Å². The van der Waals surface area contributed by atoms with Gasteiger partial charge < -0.3 is 10.8 Å². The maximum atomic E-state index is 11.3. The van der Waals surface area contributed by atoms with Crippen molar-refractivity contribution < 1.29 is 13.5 Å². The molecule has 0 spiro atoms. The van der Waals surface area contributed by atoms with Gasteiger partial charge >= 0.3 is 0 Å². The van der Waals surface area contributed by atoms with Crippen molar-refractivity contribution in [3.05, 3.63) is 17.5 Å². The lowest BCUT2D eigenvalue weighted by molar-refractivity contribution is 0.292. The molecular weight excluding hydrogens is 198 g/mol. The van der Waals surface area contributed by atoms with Gasteiger partial charge in [0.1, 0.15) is 9.58 Å². The van der Waals surface area contributed by atoms with E-state index in [0.29, 0.717) is 0 Å². The molecule has 1 aromatic rings. The number of nitrogens with two attached hydrogens (primary N) is 1. The minimum absolute atomic E-state index is 0.198. The molecule has 0 amide bonds. The summed E-state index contributed by atoms with van der Waals surface area (Å²) >= 11 is 1.09. The van der Waals surface area contributed by atoms with E-state index in [2.05, 4.69) is 0 Å². The molecule has 0 aromatic carbocycles. The lowest BCUT2D eigenvalue weighted by atomic mass is 10.7. The van der Waals surface area contributed by atoms with E-state index < -0.39 is 21.8 Å². The van der Waals surface area contributed by atoms with E-state index in [9.17, 15) is 8.42 Å². The maximum Gasteiger partial charge on any atom is 0.205 e. The third-order valence-corrected chi connectivity index (χ3v) is 4.64. The highest BCUT2D eigenvalue weighted by Gasteiger charge is 2.23. The van der Waals surface area contributed by atoms with Crippen LogP contribution in [0.2, 0.25) is 0 Å². The number of rotatable bonds is 3. The first-order valence-electron chi connectivity index (χ1n) is 3.23. The first kappa shape index (κ1) is 9.66. The molecule has 1 atom stereocenters. The van der Waals surface area contributed by atoms with Crippen molar-refractivity contribution in [1.29, 1.82) is 0 Å². The van der Waals surface area contributed by atoms with E-state index >= 15 is 0 Å². The standard InChI is InChI=1S/C6H9NO3S2/c7-5(4-8)12(9,10)6-2-1-3-11-6/h1-3,5,8H,4,7H2. The molecule has 0 aliphatic rings. The summed E-state index contributed by atoms with van der Waals surface area (Å²) in [6.45, 7) is -0.555. The molecule has 12 heavy (non-hydrogen) atoms. The molecule has 1 rings (SSSR count). The summed E-state index contributed by atoms with van der Waals surface area (Å²) in [6.07, 6.45) is 0. The molecule has 4 nitrogen and oxygen atoms in total. The van der Waals surface area contributed by atoms with Gasteiger partial charge in [-0.05, 0) is 11.4 Å². The molecule has 1 aromatic heterocycles. The Morgan fingerprint density at radius 3 is 2.75 bits per heavy atom. The molecule has 0 fully saturated rings. The average molecular weight is 207 g/mol. The van der Waals surface area contributed by atoms with Gasteiger partial charge in [-0.2, -0.15) is 0 Å². The number of thiophene rings is 1. The van der Waals surface area contributed by atoms with Crippen LogP contribution in [0.4, 0.5) is 0 Å². The van der Waals surface area contributed by atoms with Crippen LogP contribution in [0.15, 0.2) is 21.7 Å². The molecule has 0 aliphatic carbocycles. The topological polar surface area (TPSA) is 80.4 Å². The van der Waals surface area contributed by atoms with Gasteiger partial charge in [0.05, 0.1) is 6.61 Å². The van der Waals surface area contributed by atoms with Crippen LogP contribution in [0.5, 0.6) is 0 Å². The summed E-state index contributed by atoms with van der Waals surface area (Å²) in [4.78, 5) is 0. The normalized spacial score (nSPS) is 14.5. The Bertz CT molecular complexity index is 330. The van der Waals surface area contributed by atoms with Crippen LogP contribution in [0, 0.1) is 0 Å². The van der Waals surface area contributed by atoms with Gasteiger partial charge in [0, 0.05) is 0 Å². The monoisotopic (exact) mass is 207 g/mol. The van der Waals surface area contributed by atoms with Crippen LogP contribution < -0.4 is 5.73 Å². The van der Waals surface area contributed by atoms with Crippen molar-refractivity contribution in [2.45, 2.75) is 9.58 Å². The Labute approximate surface area is 74.6 Å². The molecule has 3 N–H and O–H groups in total. The van der Waals surface area contributed by atoms with Crippen molar-refractivity contribution in [2.75, 3.05) is 6.61 Å².